The fraction of sp³-hybridized carbons (Fsp3) is 0.350. The van der Waals surface area contributed by atoms with E-state index in [4.69, 9.17) is 9.47 Å². The zero-order valence-corrected chi connectivity index (χ0v) is 17.3. The molecule has 0 N–H and O–H groups in total. The molecule has 0 aromatic carbocycles. The molecule has 146 valence electrons. The van der Waals surface area contributed by atoms with Crippen molar-refractivity contribution >= 4 is 34.5 Å². The van der Waals surface area contributed by atoms with Gasteiger partial charge in [0, 0.05) is 24.7 Å². The standard InChI is InChI=1S/C20H21N3O3S2/c1-13-9-23(10-14(2)26-13)18-6-5-15(8-21-18)20(24)25-11-16-12-28-19(22-16)17-4-3-7-27-17/h3-8,12-14H,9-11H2,1-2H3/t13-,14+. The minimum Gasteiger partial charge on any atom is -0.456 e. The number of rotatable bonds is 5. The first-order valence-corrected chi connectivity index (χ1v) is 10.9. The fourth-order valence-corrected chi connectivity index (χ4v) is 4.79. The van der Waals surface area contributed by atoms with Crippen LogP contribution < -0.4 is 4.90 Å². The molecule has 0 amide bonds. The maximum atomic E-state index is 12.3. The van der Waals surface area contributed by atoms with E-state index in [1.165, 1.54) is 0 Å². The summed E-state index contributed by atoms with van der Waals surface area (Å²) in [7, 11) is 0. The first-order chi connectivity index (χ1) is 13.6. The van der Waals surface area contributed by atoms with Gasteiger partial charge in [0.05, 0.1) is 28.3 Å². The van der Waals surface area contributed by atoms with Crippen LogP contribution in [0.25, 0.3) is 9.88 Å². The number of pyridine rings is 1. The van der Waals surface area contributed by atoms with Crippen LogP contribution in [-0.2, 0) is 16.1 Å². The molecule has 28 heavy (non-hydrogen) atoms. The Hall–Kier alpha value is -2.29. The molecule has 3 aromatic rings. The van der Waals surface area contributed by atoms with Gasteiger partial charge in [0.15, 0.2) is 0 Å². The molecule has 0 unspecified atom stereocenters. The van der Waals surface area contributed by atoms with E-state index in [9.17, 15) is 4.79 Å². The zero-order valence-electron chi connectivity index (χ0n) is 15.7. The molecule has 1 aliphatic heterocycles. The van der Waals surface area contributed by atoms with E-state index in [2.05, 4.69) is 28.7 Å². The molecule has 1 aliphatic rings. The highest BCUT2D eigenvalue weighted by Gasteiger charge is 2.23. The number of hydrogen-bond donors (Lipinski definition) is 0. The first-order valence-electron chi connectivity index (χ1n) is 9.10. The molecule has 4 rings (SSSR count). The third-order valence-corrected chi connectivity index (χ3v) is 6.29. The van der Waals surface area contributed by atoms with Crippen molar-refractivity contribution in [2.75, 3.05) is 18.0 Å². The molecule has 1 fully saturated rings. The van der Waals surface area contributed by atoms with Crippen LogP contribution in [0.4, 0.5) is 5.82 Å². The van der Waals surface area contributed by atoms with Crippen LogP contribution in [0, 0.1) is 0 Å². The van der Waals surface area contributed by atoms with Crippen molar-refractivity contribution in [3.8, 4) is 9.88 Å². The molecule has 3 aromatic heterocycles. The van der Waals surface area contributed by atoms with Gasteiger partial charge < -0.3 is 14.4 Å². The van der Waals surface area contributed by atoms with Crippen LogP contribution in [0.3, 0.4) is 0 Å². The number of anilines is 1. The zero-order chi connectivity index (χ0) is 19.5. The summed E-state index contributed by atoms with van der Waals surface area (Å²) in [5.74, 6) is 0.451. The lowest BCUT2D eigenvalue weighted by atomic mass is 10.2. The third-order valence-electron chi connectivity index (χ3n) is 4.36. The molecule has 0 aliphatic carbocycles. The molecule has 0 radical (unpaired) electrons. The van der Waals surface area contributed by atoms with Gasteiger partial charge in [-0.25, -0.2) is 14.8 Å². The van der Waals surface area contributed by atoms with Gasteiger partial charge in [0.1, 0.15) is 17.4 Å². The Morgan fingerprint density at radius 3 is 2.75 bits per heavy atom. The number of esters is 1. The Bertz CT molecular complexity index is 915. The van der Waals surface area contributed by atoms with Gasteiger partial charge in [-0.15, -0.1) is 22.7 Å². The highest BCUT2D eigenvalue weighted by molar-refractivity contribution is 7.20. The van der Waals surface area contributed by atoms with Crippen molar-refractivity contribution in [3.05, 3.63) is 52.5 Å². The number of hydrogen-bond acceptors (Lipinski definition) is 8. The van der Waals surface area contributed by atoms with E-state index in [1.54, 1.807) is 34.9 Å². The molecular formula is C20H21N3O3S2. The smallest absolute Gasteiger partial charge is 0.340 e. The molecule has 4 heterocycles. The fourth-order valence-electron chi connectivity index (χ4n) is 3.17. The number of thiophene rings is 1. The van der Waals surface area contributed by atoms with Gasteiger partial charge >= 0.3 is 5.97 Å². The molecule has 0 spiro atoms. The average molecular weight is 416 g/mol. The van der Waals surface area contributed by atoms with Gasteiger partial charge in [-0.2, -0.15) is 0 Å². The van der Waals surface area contributed by atoms with E-state index in [0.717, 1.165) is 34.5 Å². The maximum absolute atomic E-state index is 12.3. The van der Waals surface area contributed by atoms with Crippen LogP contribution in [-0.4, -0.2) is 41.2 Å². The van der Waals surface area contributed by atoms with Gasteiger partial charge in [-0.3, -0.25) is 0 Å². The predicted octanol–water partition coefficient (Wildman–Crippen LogP) is 4.24. The lowest BCUT2D eigenvalue weighted by Gasteiger charge is -2.36. The molecule has 8 heteroatoms. The quantitative estimate of drug-likeness (QED) is 0.581. The Balaban J connectivity index is 1.35. The van der Waals surface area contributed by atoms with Gasteiger partial charge in [-0.05, 0) is 37.4 Å². The SMILES string of the molecule is C[C@@H]1CN(c2ccc(C(=O)OCc3csc(-c4cccs4)n3)cn2)C[C@H](C)O1. The van der Waals surface area contributed by atoms with Crippen LogP contribution in [0.1, 0.15) is 29.9 Å². The lowest BCUT2D eigenvalue weighted by Crippen LogP contribution is -2.45. The summed E-state index contributed by atoms with van der Waals surface area (Å²) in [6.07, 6.45) is 1.89. The van der Waals surface area contributed by atoms with E-state index < -0.39 is 5.97 Å². The van der Waals surface area contributed by atoms with E-state index >= 15 is 0 Å². The average Bonchev–Trinajstić information content (AvgIpc) is 3.37. The number of aromatic nitrogens is 2. The Kier molecular flexibility index (Phi) is 5.70. The molecule has 6 nitrogen and oxygen atoms in total. The molecule has 1 saturated heterocycles. The Morgan fingerprint density at radius 1 is 1.25 bits per heavy atom. The second-order valence-electron chi connectivity index (χ2n) is 6.76. The second kappa shape index (κ2) is 8.38. The predicted molar refractivity (Wildman–Crippen MR) is 111 cm³/mol. The Labute approximate surface area is 171 Å². The highest BCUT2D eigenvalue weighted by atomic mass is 32.1. The summed E-state index contributed by atoms with van der Waals surface area (Å²) in [6, 6.07) is 7.64. The first kappa shape index (κ1) is 19.0. The monoisotopic (exact) mass is 415 g/mol. The minimum absolute atomic E-state index is 0.154. The molecular weight excluding hydrogens is 394 g/mol. The van der Waals surface area contributed by atoms with Crippen LogP contribution >= 0.6 is 22.7 Å². The van der Waals surface area contributed by atoms with E-state index in [1.807, 2.05) is 29.0 Å². The van der Waals surface area contributed by atoms with Crippen molar-refractivity contribution in [1.29, 1.82) is 0 Å². The van der Waals surface area contributed by atoms with Gasteiger partial charge in [0.25, 0.3) is 0 Å². The van der Waals surface area contributed by atoms with Crippen molar-refractivity contribution in [3.63, 3.8) is 0 Å². The number of morpholine rings is 1. The van der Waals surface area contributed by atoms with Crippen molar-refractivity contribution < 1.29 is 14.3 Å². The maximum Gasteiger partial charge on any atom is 0.340 e. The van der Waals surface area contributed by atoms with Crippen LogP contribution in [0.5, 0.6) is 0 Å². The van der Waals surface area contributed by atoms with Crippen molar-refractivity contribution in [2.24, 2.45) is 0 Å². The Morgan fingerprint density at radius 2 is 2.07 bits per heavy atom. The number of carbonyl (C=O) groups excluding carboxylic acids is 1. The molecule has 2 atom stereocenters. The molecule has 0 bridgehead atoms. The van der Waals surface area contributed by atoms with Crippen LogP contribution in [0.2, 0.25) is 0 Å². The number of thiazole rings is 1. The van der Waals surface area contributed by atoms with Gasteiger partial charge in [0.2, 0.25) is 0 Å². The summed E-state index contributed by atoms with van der Waals surface area (Å²) in [4.78, 5) is 24.6. The topological polar surface area (TPSA) is 64.6 Å². The van der Waals surface area contributed by atoms with Crippen molar-refractivity contribution in [1.82, 2.24) is 9.97 Å². The second-order valence-corrected chi connectivity index (χ2v) is 8.57. The van der Waals surface area contributed by atoms with Crippen molar-refractivity contribution in [2.45, 2.75) is 32.7 Å². The third kappa shape index (κ3) is 4.40. The number of nitrogens with zero attached hydrogens (tertiary/aromatic N) is 3. The number of carbonyl (C=O) groups is 1. The highest BCUT2D eigenvalue weighted by Crippen LogP contribution is 2.28. The normalized spacial score (nSPS) is 19.6. The summed E-state index contributed by atoms with van der Waals surface area (Å²) in [5.41, 5.74) is 1.19. The van der Waals surface area contributed by atoms with E-state index in [0.29, 0.717) is 5.56 Å². The van der Waals surface area contributed by atoms with Gasteiger partial charge in [-0.1, -0.05) is 6.07 Å². The summed E-state index contributed by atoms with van der Waals surface area (Å²) in [6.45, 7) is 5.84. The lowest BCUT2D eigenvalue weighted by molar-refractivity contribution is -0.00547. The molecule has 0 saturated carbocycles. The number of ether oxygens (including phenoxy) is 2. The summed E-state index contributed by atoms with van der Waals surface area (Å²) >= 11 is 3.20. The van der Waals surface area contributed by atoms with Crippen LogP contribution in [0.15, 0.2) is 41.2 Å². The largest absolute Gasteiger partial charge is 0.456 e. The minimum atomic E-state index is -0.395. The summed E-state index contributed by atoms with van der Waals surface area (Å²) < 4.78 is 11.2. The van der Waals surface area contributed by atoms with E-state index in [-0.39, 0.29) is 18.8 Å². The summed E-state index contributed by atoms with van der Waals surface area (Å²) in [5, 5.41) is 4.89.